The molecule has 0 unspecified atom stereocenters. The van der Waals surface area contributed by atoms with Crippen LogP contribution in [0.15, 0.2) is 54.6 Å². The fourth-order valence-electron chi connectivity index (χ4n) is 2.97. The predicted molar refractivity (Wildman–Crippen MR) is 108 cm³/mol. The maximum absolute atomic E-state index is 12.6. The fourth-order valence-corrected chi connectivity index (χ4v) is 2.97. The maximum Gasteiger partial charge on any atom is 0.303 e. The highest BCUT2D eigenvalue weighted by Gasteiger charge is 2.25. The Morgan fingerprint density at radius 3 is 2.04 bits per heavy atom. The highest BCUT2D eigenvalue weighted by molar-refractivity contribution is 5.98. The van der Waals surface area contributed by atoms with Gasteiger partial charge in [0.25, 0.3) is 5.91 Å². The molecule has 2 rings (SSSR count). The monoisotopic (exact) mass is 382 g/mol. The number of hydrogen-bond donors (Lipinski definition) is 2. The molecule has 0 aliphatic heterocycles. The summed E-state index contributed by atoms with van der Waals surface area (Å²) in [6.07, 6.45) is -0.136. The fraction of sp³-hybridized carbons (Fsp3) is 0.318. The van der Waals surface area contributed by atoms with Crippen molar-refractivity contribution >= 4 is 17.8 Å². The Balaban J connectivity index is 2.13. The first kappa shape index (κ1) is 21.2. The number of likely N-dealkylation sites (N-methyl/N-ethyl adjacent to an activating group) is 1. The van der Waals surface area contributed by atoms with Gasteiger partial charge in [-0.05, 0) is 43.5 Å². The van der Waals surface area contributed by atoms with Gasteiger partial charge in [0.15, 0.2) is 0 Å². The van der Waals surface area contributed by atoms with E-state index in [0.717, 1.165) is 11.1 Å². The molecule has 148 valence electrons. The highest BCUT2D eigenvalue weighted by atomic mass is 16.4. The molecule has 0 saturated carbocycles. The van der Waals surface area contributed by atoms with Crippen molar-refractivity contribution in [2.75, 3.05) is 13.1 Å². The number of carboxylic acid groups (broad SMARTS) is 1. The molecule has 2 aromatic rings. The summed E-state index contributed by atoms with van der Waals surface area (Å²) in [7, 11) is 0. The van der Waals surface area contributed by atoms with Gasteiger partial charge in [-0.2, -0.15) is 0 Å². The van der Waals surface area contributed by atoms with Crippen molar-refractivity contribution in [3.05, 3.63) is 60.2 Å². The summed E-state index contributed by atoms with van der Waals surface area (Å²) in [6, 6.07) is 16.0. The molecule has 0 saturated heterocycles. The van der Waals surface area contributed by atoms with E-state index in [1.165, 1.54) is 0 Å². The molecule has 0 spiro atoms. The Morgan fingerprint density at radius 1 is 0.929 bits per heavy atom. The Kier molecular flexibility index (Phi) is 7.75. The van der Waals surface area contributed by atoms with E-state index in [2.05, 4.69) is 5.32 Å². The summed E-state index contributed by atoms with van der Waals surface area (Å²) in [5.41, 5.74) is 2.46. The number of rotatable bonds is 9. The van der Waals surface area contributed by atoms with Crippen LogP contribution in [0.3, 0.4) is 0 Å². The lowest BCUT2D eigenvalue weighted by Crippen LogP contribution is -2.48. The molecule has 0 radical (unpaired) electrons. The first-order chi connectivity index (χ1) is 13.5. The minimum Gasteiger partial charge on any atom is -0.481 e. The Bertz CT molecular complexity index is 799. The van der Waals surface area contributed by atoms with Gasteiger partial charge in [-0.25, -0.2) is 0 Å². The van der Waals surface area contributed by atoms with Crippen LogP contribution in [0.2, 0.25) is 0 Å². The topological polar surface area (TPSA) is 86.7 Å². The van der Waals surface area contributed by atoms with Crippen LogP contribution in [0.1, 0.15) is 37.0 Å². The summed E-state index contributed by atoms with van der Waals surface area (Å²) in [4.78, 5) is 37.8. The van der Waals surface area contributed by atoms with Crippen LogP contribution in [-0.2, 0) is 9.59 Å². The molecule has 0 fully saturated rings. The second kappa shape index (κ2) is 10.3. The largest absolute Gasteiger partial charge is 0.481 e. The molecular weight excluding hydrogens is 356 g/mol. The normalized spacial score (nSPS) is 11.5. The lowest BCUT2D eigenvalue weighted by atomic mass is 10.0. The molecule has 28 heavy (non-hydrogen) atoms. The molecule has 6 heteroatoms. The molecule has 0 aliphatic carbocycles. The van der Waals surface area contributed by atoms with E-state index in [4.69, 9.17) is 5.11 Å². The van der Waals surface area contributed by atoms with Gasteiger partial charge < -0.3 is 15.3 Å². The zero-order valence-electron chi connectivity index (χ0n) is 16.2. The Morgan fingerprint density at radius 2 is 1.50 bits per heavy atom. The van der Waals surface area contributed by atoms with Gasteiger partial charge in [0.1, 0.15) is 6.04 Å². The second-order valence-corrected chi connectivity index (χ2v) is 6.41. The number of nitrogens with one attached hydrogen (secondary N) is 1. The first-order valence-corrected chi connectivity index (χ1v) is 9.43. The number of carboxylic acids is 1. The van der Waals surface area contributed by atoms with Crippen molar-refractivity contribution < 1.29 is 19.5 Å². The standard InChI is InChI=1S/C22H26N2O4/c1-3-24(4-2)22(28)19(14-15-20(25)26)23-21(27)18-12-10-17(11-13-18)16-8-6-5-7-9-16/h5-13,19H,3-4,14-15H2,1-2H3,(H,23,27)(H,25,26)/t19-/m0/s1. The molecule has 0 aliphatic rings. The van der Waals surface area contributed by atoms with E-state index in [-0.39, 0.29) is 18.7 Å². The zero-order chi connectivity index (χ0) is 20.5. The van der Waals surface area contributed by atoms with Crippen molar-refractivity contribution in [2.45, 2.75) is 32.7 Å². The molecular formula is C22H26N2O4. The number of carbonyl (C=O) groups is 3. The second-order valence-electron chi connectivity index (χ2n) is 6.41. The predicted octanol–water partition coefficient (Wildman–Crippen LogP) is 3.19. The van der Waals surface area contributed by atoms with Crippen molar-refractivity contribution in [1.82, 2.24) is 10.2 Å². The highest BCUT2D eigenvalue weighted by Crippen LogP contribution is 2.19. The number of hydrogen-bond acceptors (Lipinski definition) is 3. The molecule has 2 N–H and O–H groups in total. The number of aliphatic carboxylic acids is 1. The summed E-state index contributed by atoms with van der Waals surface area (Å²) in [5, 5.41) is 11.7. The number of nitrogens with zero attached hydrogens (tertiary/aromatic N) is 1. The lowest BCUT2D eigenvalue weighted by Gasteiger charge is -2.25. The van der Waals surface area contributed by atoms with Crippen LogP contribution >= 0.6 is 0 Å². The first-order valence-electron chi connectivity index (χ1n) is 9.43. The molecule has 0 heterocycles. The number of amides is 2. The Hall–Kier alpha value is -3.15. The Labute approximate surface area is 165 Å². The van der Waals surface area contributed by atoms with Crippen LogP contribution in [0.25, 0.3) is 11.1 Å². The van der Waals surface area contributed by atoms with Crippen LogP contribution in [0.5, 0.6) is 0 Å². The average Bonchev–Trinajstić information content (AvgIpc) is 2.72. The quantitative estimate of drug-likeness (QED) is 0.697. The average molecular weight is 382 g/mol. The minimum atomic E-state index is -1.00. The van der Waals surface area contributed by atoms with E-state index in [1.54, 1.807) is 17.0 Å². The van der Waals surface area contributed by atoms with Gasteiger partial charge in [-0.15, -0.1) is 0 Å². The van der Waals surface area contributed by atoms with Crippen LogP contribution in [-0.4, -0.2) is 46.9 Å². The molecule has 2 aromatic carbocycles. The van der Waals surface area contributed by atoms with E-state index in [1.807, 2.05) is 56.3 Å². The van der Waals surface area contributed by atoms with Crippen LogP contribution in [0.4, 0.5) is 0 Å². The third kappa shape index (κ3) is 5.67. The smallest absolute Gasteiger partial charge is 0.303 e. The van der Waals surface area contributed by atoms with E-state index < -0.39 is 17.9 Å². The lowest BCUT2D eigenvalue weighted by molar-refractivity contribution is -0.137. The van der Waals surface area contributed by atoms with E-state index in [0.29, 0.717) is 18.7 Å². The molecule has 0 bridgehead atoms. The third-order valence-corrected chi connectivity index (χ3v) is 4.58. The van der Waals surface area contributed by atoms with Crippen molar-refractivity contribution in [3.8, 4) is 11.1 Å². The van der Waals surface area contributed by atoms with Crippen molar-refractivity contribution in [1.29, 1.82) is 0 Å². The maximum atomic E-state index is 12.6. The number of benzene rings is 2. The van der Waals surface area contributed by atoms with Crippen molar-refractivity contribution in [2.24, 2.45) is 0 Å². The van der Waals surface area contributed by atoms with Gasteiger partial charge in [0, 0.05) is 25.1 Å². The van der Waals surface area contributed by atoms with Crippen LogP contribution < -0.4 is 5.32 Å². The molecule has 2 amide bonds. The van der Waals surface area contributed by atoms with Crippen LogP contribution in [0, 0.1) is 0 Å². The van der Waals surface area contributed by atoms with Gasteiger partial charge in [0.05, 0.1) is 0 Å². The third-order valence-electron chi connectivity index (χ3n) is 4.58. The van der Waals surface area contributed by atoms with E-state index >= 15 is 0 Å². The SMILES string of the molecule is CCN(CC)C(=O)[C@H](CCC(=O)O)NC(=O)c1ccc(-c2ccccc2)cc1. The zero-order valence-corrected chi connectivity index (χ0v) is 16.2. The minimum absolute atomic E-state index is 0.0541. The van der Waals surface area contributed by atoms with E-state index in [9.17, 15) is 14.4 Å². The molecule has 1 atom stereocenters. The number of carbonyl (C=O) groups excluding carboxylic acids is 2. The molecule has 0 aromatic heterocycles. The molecule has 6 nitrogen and oxygen atoms in total. The summed E-state index contributed by atoms with van der Waals surface area (Å²) >= 11 is 0. The summed E-state index contributed by atoms with van der Waals surface area (Å²) in [6.45, 7) is 4.70. The summed E-state index contributed by atoms with van der Waals surface area (Å²) < 4.78 is 0. The van der Waals surface area contributed by atoms with Gasteiger partial charge >= 0.3 is 5.97 Å². The summed E-state index contributed by atoms with van der Waals surface area (Å²) in [5.74, 6) is -1.66. The van der Waals surface area contributed by atoms with Gasteiger partial charge in [-0.1, -0.05) is 42.5 Å². The van der Waals surface area contributed by atoms with Gasteiger partial charge in [-0.3, -0.25) is 14.4 Å². The van der Waals surface area contributed by atoms with Crippen molar-refractivity contribution in [3.63, 3.8) is 0 Å². The van der Waals surface area contributed by atoms with Gasteiger partial charge in [0.2, 0.25) is 5.91 Å².